The van der Waals surface area contributed by atoms with E-state index in [1.807, 2.05) is 0 Å². The molecule has 0 heterocycles. The van der Waals surface area contributed by atoms with Crippen molar-refractivity contribution in [1.29, 1.82) is 0 Å². The van der Waals surface area contributed by atoms with Gasteiger partial charge in [0, 0.05) is 5.92 Å². The van der Waals surface area contributed by atoms with Crippen LogP contribution in [0.25, 0.3) is 0 Å². The maximum absolute atomic E-state index is 15.0. The molecule has 0 bridgehead atoms. The van der Waals surface area contributed by atoms with E-state index in [4.69, 9.17) is 0 Å². The number of carbonyl (C=O) groups is 1. The van der Waals surface area contributed by atoms with Crippen LogP contribution in [-0.4, -0.2) is 12.0 Å². The highest BCUT2D eigenvalue weighted by Crippen LogP contribution is 2.64. The predicted octanol–water partition coefficient (Wildman–Crippen LogP) is 5.43. The van der Waals surface area contributed by atoms with Crippen molar-refractivity contribution in [1.82, 2.24) is 0 Å². The van der Waals surface area contributed by atoms with Crippen LogP contribution in [0.1, 0.15) is 72.1 Å². The molecule has 0 amide bonds. The predicted molar refractivity (Wildman–Crippen MR) is 90.7 cm³/mol. The van der Waals surface area contributed by atoms with Crippen molar-refractivity contribution in [2.45, 2.75) is 78.3 Å². The lowest BCUT2D eigenvalue weighted by atomic mass is 9.49. The van der Waals surface area contributed by atoms with Crippen molar-refractivity contribution in [3.63, 3.8) is 0 Å². The molecule has 23 heavy (non-hydrogen) atoms. The summed E-state index contributed by atoms with van der Waals surface area (Å²) in [6.07, 6.45) is 8.58. The molecule has 0 aromatic carbocycles. The van der Waals surface area contributed by atoms with Gasteiger partial charge in [-0.3, -0.25) is 4.79 Å². The van der Waals surface area contributed by atoms with Gasteiger partial charge >= 0.3 is 0 Å². The van der Waals surface area contributed by atoms with Gasteiger partial charge in [-0.1, -0.05) is 20.3 Å². The summed E-state index contributed by atoms with van der Waals surface area (Å²) >= 11 is 0. The normalized spacial score (nSPS) is 55.7. The van der Waals surface area contributed by atoms with Crippen molar-refractivity contribution in [3.05, 3.63) is 0 Å². The van der Waals surface area contributed by atoms with E-state index in [9.17, 15) is 4.79 Å². The second-order valence-corrected chi connectivity index (χ2v) is 9.72. The molecule has 0 aromatic rings. The van der Waals surface area contributed by atoms with Crippen LogP contribution in [0.2, 0.25) is 0 Å². The molecule has 0 radical (unpaired) electrons. The molecule has 4 aliphatic carbocycles. The molecule has 2 heteroatoms. The van der Waals surface area contributed by atoms with Gasteiger partial charge in [0.1, 0.15) is 12.0 Å². The number of hydrogen-bond acceptors (Lipinski definition) is 1. The van der Waals surface area contributed by atoms with Gasteiger partial charge in [-0.25, -0.2) is 4.39 Å². The zero-order valence-corrected chi connectivity index (χ0v) is 15.1. The van der Waals surface area contributed by atoms with Crippen LogP contribution in [0.5, 0.6) is 0 Å². The molecule has 4 fully saturated rings. The Hall–Kier alpha value is -0.400. The lowest BCUT2D eigenvalue weighted by Crippen LogP contribution is -2.52. The van der Waals surface area contributed by atoms with Crippen LogP contribution < -0.4 is 0 Å². The largest absolute Gasteiger partial charge is 0.300 e. The van der Waals surface area contributed by atoms with Gasteiger partial charge in [-0.15, -0.1) is 0 Å². The lowest BCUT2D eigenvalue weighted by molar-refractivity contribution is -0.130. The fourth-order valence-corrected chi connectivity index (χ4v) is 7.69. The lowest BCUT2D eigenvalue weighted by Gasteiger charge is -2.56. The monoisotopic (exact) mass is 320 g/mol. The molecule has 4 aliphatic rings. The molecule has 0 spiro atoms. The zero-order chi connectivity index (χ0) is 16.4. The van der Waals surface area contributed by atoms with Gasteiger partial charge in [0.15, 0.2) is 0 Å². The molecule has 1 nitrogen and oxygen atoms in total. The Morgan fingerprint density at radius 2 is 1.70 bits per heavy atom. The van der Waals surface area contributed by atoms with E-state index in [0.29, 0.717) is 35.4 Å². The van der Waals surface area contributed by atoms with Crippen molar-refractivity contribution in [3.8, 4) is 0 Å². The van der Waals surface area contributed by atoms with Gasteiger partial charge < -0.3 is 0 Å². The maximum atomic E-state index is 15.0. The van der Waals surface area contributed by atoms with Crippen molar-refractivity contribution in [2.24, 2.45) is 46.8 Å². The SMILES string of the molecule is CC(=O)[C@H]1CC[C@H]2C3C[C@@H](F)[C@H]4C[C@@H](C)CCC4[C@H]3CC[C@]12C. The van der Waals surface area contributed by atoms with Crippen molar-refractivity contribution < 1.29 is 9.18 Å². The van der Waals surface area contributed by atoms with Crippen molar-refractivity contribution in [2.75, 3.05) is 0 Å². The third kappa shape index (κ3) is 2.34. The molecule has 4 saturated carbocycles. The molecule has 0 aromatic heterocycles. The van der Waals surface area contributed by atoms with Crippen LogP contribution in [0.3, 0.4) is 0 Å². The highest BCUT2D eigenvalue weighted by molar-refractivity contribution is 5.79. The molecule has 4 rings (SSSR count). The average Bonchev–Trinajstić information content (AvgIpc) is 2.85. The summed E-state index contributed by atoms with van der Waals surface area (Å²) in [5.74, 6) is 4.24. The highest BCUT2D eigenvalue weighted by atomic mass is 19.1. The molecule has 0 N–H and O–H groups in total. The Morgan fingerprint density at radius 3 is 2.43 bits per heavy atom. The first-order chi connectivity index (χ1) is 10.9. The minimum absolute atomic E-state index is 0.168. The molecule has 130 valence electrons. The van der Waals surface area contributed by atoms with Gasteiger partial charge in [-0.2, -0.15) is 0 Å². The molecular weight excluding hydrogens is 287 g/mol. The zero-order valence-electron chi connectivity index (χ0n) is 15.1. The topological polar surface area (TPSA) is 17.1 Å². The van der Waals surface area contributed by atoms with Crippen LogP contribution >= 0.6 is 0 Å². The summed E-state index contributed by atoms with van der Waals surface area (Å²) in [5, 5.41) is 0. The van der Waals surface area contributed by atoms with Crippen LogP contribution in [0, 0.1) is 46.8 Å². The number of alkyl halides is 1. The highest BCUT2D eigenvalue weighted by Gasteiger charge is 2.59. The summed E-state index contributed by atoms with van der Waals surface area (Å²) in [6, 6.07) is 0. The van der Waals surface area contributed by atoms with E-state index in [1.165, 1.54) is 32.1 Å². The number of carbonyl (C=O) groups excluding carboxylic acids is 1. The van der Waals surface area contributed by atoms with Gasteiger partial charge in [-0.05, 0) is 92.8 Å². The smallest absolute Gasteiger partial charge is 0.133 e. The summed E-state index contributed by atoms with van der Waals surface area (Å²) in [5.41, 5.74) is 0.168. The third-order valence-corrected chi connectivity index (χ3v) is 8.71. The quantitative estimate of drug-likeness (QED) is 0.630. The summed E-state index contributed by atoms with van der Waals surface area (Å²) < 4.78 is 15.0. The van der Waals surface area contributed by atoms with E-state index in [1.54, 1.807) is 6.92 Å². The van der Waals surface area contributed by atoms with Gasteiger partial charge in [0.2, 0.25) is 0 Å². The first kappa shape index (κ1) is 16.1. The number of ketones is 1. The number of halogens is 1. The number of Topliss-reactive ketones (excluding diaryl/α,β-unsaturated/α-hetero) is 1. The number of fused-ring (bicyclic) bond motifs is 5. The minimum atomic E-state index is -0.581. The van der Waals surface area contributed by atoms with Crippen molar-refractivity contribution >= 4 is 5.78 Å². The van der Waals surface area contributed by atoms with E-state index < -0.39 is 6.17 Å². The first-order valence-electron chi connectivity index (χ1n) is 10.1. The van der Waals surface area contributed by atoms with E-state index in [-0.39, 0.29) is 11.3 Å². The Bertz CT molecular complexity index is 488. The van der Waals surface area contributed by atoms with Crippen LogP contribution in [0.15, 0.2) is 0 Å². The minimum Gasteiger partial charge on any atom is -0.300 e. The second-order valence-electron chi connectivity index (χ2n) is 9.72. The third-order valence-electron chi connectivity index (χ3n) is 8.71. The van der Waals surface area contributed by atoms with E-state index in [2.05, 4.69) is 13.8 Å². The number of rotatable bonds is 1. The molecule has 0 aliphatic heterocycles. The average molecular weight is 320 g/mol. The Labute approximate surface area is 140 Å². The van der Waals surface area contributed by atoms with Crippen LogP contribution in [0.4, 0.5) is 4.39 Å². The molecular formula is C21H33FO. The Kier molecular flexibility index (Phi) is 3.89. The Morgan fingerprint density at radius 1 is 0.957 bits per heavy atom. The summed E-state index contributed by atoms with van der Waals surface area (Å²) in [4.78, 5) is 12.1. The van der Waals surface area contributed by atoms with Crippen LogP contribution in [-0.2, 0) is 4.79 Å². The number of hydrogen-bond donors (Lipinski definition) is 0. The second kappa shape index (κ2) is 5.56. The fraction of sp³-hybridized carbons (Fsp3) is 0.952. The molecule has 9 atom stereocenters. The molecule has 2 unspecified atom stereocenters. The van der Waals surface area contributed by atoms with E-state index >= 15 is 4.39 Å². The standard InChI is InChI=1S/C21H33FO/c1-12-4-5-14-15-8-9-21(3)18(13(2)23)6-7-19(21)16(15)11-20(22)17(14)10-12/h12,14-20H,4-11H2,1-3H3/t12-,14?,15+,16?,17-,18+,19-,20+,21+/m0/s1. The van der Waals surface area contributed by atoms with Gasteiger partial charge in [0.25, 0.3) is 0 Å². The maximum Gasteiger partial charge on any atom is 0.133 e. The molecule has 0 saturated heterocycles. The van der Waals surface area contributed by atoms with Gasteiger partial charge in [0.05, 0.1) is 0 Å². The summed E-state index contributed by atoms with van der Waals surface area (Å²) in [6.45, 7) is 6.44. The first-order valence-corrected chi connectivity index (χ1v) is 10.1. The summed E-state index contributed by atoms with van der Waals surface area (Å²) in [7, 11) is 0. The fourth-order valence-electron chi connectivity index (χ4n) is 7.69. The Balaban J connectivity index is 1.60. The van der Waals surface area contributed by atoms with E-state index in [0.717, 1.165) is 25.2 Å².